The maximum Gasteiger partial charge on any atom is 0.387 e. The lowest BCUT2D eigenvalue weighted by Gasteiger charge is -2.12. The third-order valence-corrected chi connectivity index (χ3v) is 4.40. The van der Waals surface area contributed by atoms with Crippen molar-refractivity contribution in [3.8, 4) is 11.4 Å². The third-order valence-electron chi connectivity index (χ3n) is 4.40. The van der Waals surface area contributed by atoms with E-state index >= 15 is 0 Å². The second kappa shape index (κ2) is 8.73. The molecular weight excluding hydrogens is 399 g/mol. The Labute approximate surface area is 170 Å². The van der Waals surface area contributed by atoms with Crippen LogP contribution in [0.2, 0.25) is 0 Å². The van der Waals surface area contributed by atoms with Gasteiger partial charge in [-0.2, -0.15) is 8.78 Å². The van der Waals surface area contributed by atoms with E-state index in [1.807, 2.05) is 0 Å². The average molecular weight is 417 g/mol. The van der Waals surface area contributed by atoms with Crippen LogP contribution in [0.3, 0.4) is 0 Å². The highest BCUT2D eigenvalue weighted by molar-refractivity contribution is 6.01. The monoisotopic (exact) mass is 417 g/mol. The molecule has 2 N–H and O–H groups in total. The highest BCUT2D eigenvalue weighted by Crippen LogP contribution is 2.22. The smallest absolute Gasteiger partial charge is 0.387 e. The molecule has 0 aliphatic rings. The fourth-order valence-electron chi connectivity index (χ4n) is 3.08. The van der Waals surface area contributed by atoms with Gasteiger partial charge in [0.05, 0.1) is 11.1 Å². The Balaban J connectivity index is 1.75. The summed E-state index contributed by atoms with van der Waals surface area (Å²) in [6.45, 7) is 0.396. The number of alkyl halides is 2. The van der Waals surface area contributed by atoms with Gasteiger partial charge in [-0.1, -0.05) is 12.1 Å². The molecule has 2 amide bonds. The Morgan fingerprint density at radius 3 is 2.17 bits per heavy atom. The minimum absolute atomic E-state index is 0.158. The molecule has 6 nitrogen and oxygen atoms in total. The van der Waals surface area contributed by atoms with Crippen molar-refractivity contribution < 1.29 is 27.5 Å². The summed E-state index contributed by atoms with van der Waals surface area (Å²) >= 11 is 0. The number of hydrogen-bond donors (Lipinski definition) is 2. The highest BCUT2D eigenvalue weighted by atomic mass is 19.3. The zero-order valence-electron chi connectivity index (χ0n) is 16.1. The number of aromatic nitrogens is 1. The number of nitrogens with one attached hydrogen (secondary N) is 2. The van der Waals surface area contributed by atoms with E-state index in [4.69, 9.17) is 0 Å². The molecule has 30 heavy (non-hydrogen) atoms. The van der Waals surface area contributed by atoms with Crippen molar-refractivity contribution in [2.24, 2.45) is 0 Å². The predicted molar refractivity (Wildman–Crippen MR) is 103 cm³/mol. The van der Waals surface area contributed by atoms with Crippen molar-refractivity contribution in [1.29, 1.82) is 0 Å². The number of halogens is 3. The Morgan fingerprint density at radius 1 is 0.933 bits per heavy atom. The van der Waals surface area contributed by atoms with Crippen LogP contribution in [0.4, 0.5) is 13.2 Å². The number of rotatable bonds is 5. The molecule has 0 aliphatic carbocycles. The number of nitrogens with zero attached hydrogens (tertiary/aromatic N) is 1. The van der Waals surface area contributed by atoms with Crippen LogP contribution < -0.4 is 15.6 Å². The Bertz CT molecular complexity index is 1080. The Kier molecular flexibility index (Phi) is 6.10. The van der Waals surface area contributed by atoms with E-state index in [9.17, 15) is 22.8 Å². The molecule has 2 aromatic carbocycles. The molecule has 0 atom stereocenters. The van der Waals surface area contributed by atoms with Crippen molar-refractivity contribution >= 4 is 11.8 Å². The van der Waals surface area contributed by atoms with Crippen LogP contribution in [0.5, 0.6) is 5.75 Å². The van der Waals surface area contributed by atoms with E-state index in [-0.39, 0.29) is 22.7 Å². The molecule has 0 bridgehead atoms. The normalized spacial score (nSPS) is 10.7. The minimum atomic E-state index is -3.09. The van der Waals surface area contributed by atoms with Gasteiger partial charge >= 0.3 is 6.61 Å². The molecule has 0 spiro atoms. The first kappa shape index (κ1) is 21.0. The summed E-state index contributed by atoms with van der Waals surface area (Å²) < 4.78 is 44.3. The zero-order valence-corrected chi connectivity index (χ0v) is 16.1. The van der Waals surface area contributed by atoms with Crippen molar-refractivity contribution in [1.82, 2.24) is 15.4 Å². The van der Waals surface area contributed by atoms with Gasteiger partial charge in [0.1, 0.15) is 11.6 Å². The van der Waals surface area contributed by atoms with Gasteiger partial charge in [0.2, 0.25) is 0 Å². The number of aryl methyl sites for hydroxylation is 1. The molecule has 3 rings (SSSR count). The maximum atomic E-state index is 13.2. The summed E-state index contributed by atoms with van der Waals surface area (Å²) in [6, 6.07) is 12.8. The van der Waals surface area contributed by atoms with Gasteiger partial charge in [-0.05, 0) is 56.3 Å². The predicted octanol–water partition coefficient (Wildman–Crippen LogP) is 3.91. The highest BCUT2D eigenvalue weighted by Gasteiger charge is 2.19. The maximum absolute atomic E-state index is 13.2. The van der Waals surface area contributed by atoms with Crippen molar-refractivity contribution in [2.75, 3.05) is 0 Å². The molecule has 0 unspecified atom stereocenters. The molecule has 0 saturated carbocycles. The van der Waals surface area contributed by atoms with E-state index in [1.165, 1.54) is 36.4 Å². The quantitative estimate of drug-likeness (QED) is 0.619. The molecule has 1 heterocycles. The van der Waals surface area contributed by atoms with E-state index in [2.05, 4.69) is 15.6 Å². The zero-order chi connectivity index (χ0) is 21.8. The number of carbonyl (C=O) groups is 2. The first-order chi connectivity index (χ1) is 14.3. The average Bonchev–Trinajstić information content (AvgIpc) is 3.01. The summed E-state index contributed by atoms with van der Waals surface area (Å²) in [5.74, 6) is -2.10. The van der Waals surface area contributed by atoms with Gasteiger partial charge in [0.25, 0.3) is 11.8 Å². The number of amides is 2. The lowest BCUT2D eigenvalue weighted by Crippen LogP contribution is -2.42. The van der Waals surface area contributed by atoms with Crippen LogP contribution in [-0.4, -0.2) is 23.0 Å². The molecule has 3 aromatic rings. The lowest BCUT2D eigenvalue weighted by atomic mass is 10.2. The number of carbonyl (C=O) groups excluding carboxylic acids is 2. The Hall–Kier alpha value is -3.75. The number of benzene rings is 2. The molecule has 0 aliphatic heterocycles. The van der Waals surface area contributed by atoms with Crippen molar-refractivity contribution in [3.63, 3.8) is 0 Å². The number of hydrogen-bond acceptors (Lipinski definition) is 3. The molecule has 0 radical (unpaired) electrons. The summed E-state index contributed by atoms with van der Waals surface area (Å²) in [5, 5.41) is 0. The van der Waals surface area contributed by atoms with Crippen LogP contribution in [0, 0.1) is 19.7 Å². The van der Waals surface area contributed by atoms with E-state index in [1.54, 1.807) is 36.6 Å². The SMILES string of the molecule is Cc1cc(C(=O)NNC(=O)c2ccccc2OC(F)F)c(C)n1-c1ccc(F)cc1. The van der Waals surface area contributed by atoms with E-state index < -0.39 is 18.4 Å². The van der Waals surface area contributed by atoms with Crippen molar-refractivity contribution in [2.45, 2.75) is 20.5 Å². The molecule has 156 valence electrons. The van der Waals surface area contributed by atoms with E-state index in [0.29, 0.717) is 11.4 Å². The van der Waals surface area contributed by atoms with Gasteiger partial charge in [-0.3, -0.25) is 20.4 Å². The summed E-state index contributed by atoms with van der Waals surface area (Å²) in [4.78, 5) is 24.9. The van der Waals surface area contributed by atoms with E-state index in [0.717, 1.165) is 5.69 Å². The first-order valence-electron chi connectivity index (χ1n) is 8.87. The van der Waals surface area contributed by atoms with Crippen LogP contribution in [-0.2, 0) is 0 Å². The standard InChI is InChI=1S/C21H18F3N3O3/c1-12-11-17(13(2)27(12)15-9-7-14(22)8-10-15)20(29)26-25-19(28)16-5-3-4-6-18(16)30-21(23)24/h3-11,21H,1-2H3,(H,25,28)(H,26,29). The van der Waals surface area contributed by atoms with Crippen LogP contribution >= 0.6 is 0 Å². The second-order valence-corrected chi connectivity index (χ2v) is 6.38. The molecule has 1 aromatic heterocycles. The molecule has 0 fully saturated rings. The fraction of sp³-hybridized carbons (Fsp3) is 0.143. The minimum Gasteiger partial charge on any atom is -0.434 e. The Morgan fingerprint density at radius 2 is 1.53 bits per heavy atom. The largest absolute Gasteiger partial charge is 0.434 e. The molecular formula is C21H18F3N3O3. The first-order valence-corrected chi connectivity index (χ1v) is 8.87. The van der Waals surface area contributed by atoms with Gasteiger partial charge < -0.3 is 9.30 Å². The van der Waals surface area contributed by atoms with Crippen LogP contribution in [0.25, 0.3) is 5.69 Å². The number of hydrazine groups is 1. The van der Waals surface area contributed by atoms with Crippen LogP contribution in [0.15, 0.2) is 54.6 Å². The molecule has 9 heteroatoms. The fourth-order valence-corrected chi connectivity index (χ4v) is 3.08. The van der Waals surface area contributed by atoms with Gasteiger partial charge in [0, 0.05) is 17.1 Å². The molecule has 0 saturated heterocycles. The summed E-state index contributed by atoms with van der Waals surface area (Å²) in [6.07, 6.45) is 0. The van der Waals surface area contributed by atoms with Gasteiger partial charge in [0.15, 0.2) is 0 Å². The summed E-state index contributed by atoms with van der Waals surface area (Å²) in [7, 11) is 0. The lowest BCUT2D eigenvalue weighted by molar-refractivity contribution is -0.0501. The number of para-hydroxylation sites is 1. The second-order valence-electron chi connectivity index (χ2n) is 6.38. The van der Waals surface area contributed by atoms with Gasteiger partial charge in [-0.25, -0.2) is 4.39 Å². The number of ether oxygens (including phenoxy) is 1. The van der Waals surface area contributed by atoms with Crippen LogP contribution in [0.1, 0.15) is 32.1 Å². The summed E-state index contributed by atoms with van der Waals surface area (Å²) in [5.41, 5.74) is 6.56. The third kappa shape index (κ3) is 4.45. The van der Waals surface area contributed by atoms with Gasteiger partial charge in [-0.15, -0.1) is 0 Å². The van der Waals surface area contributed by atoms with Crippen molar-refractivity contribution in [3.05, 3.63) is 82.9 Å². The topological polar surface area (TPSA) is 72.4 Å².